The zero-order chi connectivity index (χ0) is 11.7. The second-order valence-corrected chi connectivity index (χ2v) is 3.76. The minimum atomic E-state index is -0.899. The average Bonchev–Trinajstić information content (AvgIpc) is 2.19. The van der Waals surface area contributed by atoms with Crippen molar-refractivity contribution in [2.75, 3.05) is 13.1 Å². The Bertz CT molecular complexity index is 450. The summed E-state index contributed by atoms with van der Waals surface area (Å²) in [5, 5.41) is 17.9. The van der Waals surface area contributed by atoms with Crippen molar-refractivity contribution < 1.29 is 19.8 Å². The van der Waals surface area contributed by atoms with Crippen LogP contribution in [0.15, 0.2) is 35.3 Å². The summed E-state index contributed by atoms with van der Waals surface area (Å²) in [6.45, 7) is 0.503. The lowest BCUT2D eigenvalue weighted by Crippen LogP contribution is -2.30. The monoisotopic (exact) mass is 257 g/mol. The molecule has 2 aliphatic rings. The minimum Gasteiger partial charge on any atom is -0.504 e. The van der Waals surface area contributed by atoms with Gasteiger partial charge in [-0.2, -0.15) is 0 Å². The Morgan fingerprint density at radius 2 is 2.12 bits per heavy atom. The van der Waals surface area contributed by atoms with Crippen LogP contribution in [-0.4, -0.2) is 40.0 Å². The van der Waals surface area contributed by atoms with E-state index in [0.717, 1.165) is 5.57 Å². The Kier molecular flexibility index (Phi) is 3.96. The van der Waals surface area contributed by atoms with E-state index in [0.29, 0.717) is 18.5 Å². The summed E-state index contributed by atoms with van der Waals surface area (Å²) >= 11 is 0. The summed E-state index contributed by atoms with van der Waals surface area (Å²) < 4.78 is 0. The number of allylic oxidation sites excluding steroid dienone is 3. The molecule has 0 saturated heterocycles. The number of hydrogen-bond acceptors (Lipinski definition) is 4. The third-order valence-electron chi connectivity index (χ3n) is 2.55. The van der Waals surface area contributed by atoms with E-state index < -0.39 is 5.97 Å². The van der Waals surface area contributed by atoms with Gasteiger partial charge in [-0.05, 0) is 29.7 Å². The van der Waals surface area contributed by atoms with Gasteiger partial charge in [0.15, 0.2) is 5.76 Å². The van der Waals surface area contributed by atoms with Crippen LogP contribution in [0.4, 0.5) is 0 Å². The fraction of sp³-hybridized carbons (Fsp3) is 0.273. The quantitative estimate of drug-likeness (QED) is 0.773. The molecule has 0 spiro atoms. The predicted octanol–water partition coefficient (Wildman–Crippen LogP) is 1.03. The summed E-state index contributed by atoms with van der Waals surface area (Å²) in [5.74, 6) is -1.59. The number of fused-ring (bicyclic) bond motifs is 1. The number of ketones is 1. The third kappa shape index (κ3) is 2.88. The molecule has 1 aliphatic heterocycles. The van der Waals surface area contributed by atoms with Gasteiger partial charge in [0.05, 0.1) is 0 Å². The fourth-order valence-corrected chi connectivity index (χ4v) is 1.79. The van der Waals surface area contributed by atoms with Crippen molar-refractivity contribution in [3.05, 3.63) is 35.3 Å². The molecule has 0 unspecified atom stereocenters. The van der Waals surface area contributed by atoms with Crippen molar-refractivity contribution in [2.45, 2.75) is 6.42 Å². The van der Waals surface area contributed by atoms with Crippen molar-refractivity contribution in [1.29, 1.82) is 0 Å². The number of carbonyl (C=O) groups is 2. The van der Waals surface area contributed by atoms with Gasteiger partial charge in [-0.3, -0.25) is 9.59 Å². The minimum absolute atomic E-state index is 0. The number of hydrogen-bond donors (Lipinski definition) is 2. The predicted molar refractivity (Wildman–Crippen MR) is 63.0 cm³/mol. The van der Waals surface area contributed by atoms with Crippen LogP contribution in [0.2, 0.25) is 0 Å². The molecule has 0 amide bonds. The molecule has 0 aromatic carbocycles. The maximum absolute atomic E-state index is 11.2. The van der Waals surface area contributed by atoms with E-state index in [1.165, 1.54) is 12.2 Å². The summed E-state index contributed by atoms with van der Waals surface area (Å²) in [5.41, 5.74) is 1.56. The van der Waals surface area contributed by atoms with Gasteiger partial charge in [-0.25, -0.2) is 0 Å². The number of carboxylic acids is 1. The van der Waals surface area contributed by atoms with Crippen LogP contribution >= 0.6 is 12.4 Å². The van der Waals surface area contributed by atoms with Crippen molar-refractivity contribution in [3.8, 4) is 0 Å². The molecular formula is C11H12ClNO4. The molecule has 0 radical (unpaired) electrons. The normalized spacial score (nSPS) is 18.5. The van der Waals surface area contributed by atoms with E-state index in [1.54, 1.807) is 11.1 Å². The van der Waals surface area contributed by atoms with Gasteiger partial charge in [0.1, 0.15) is 6.54 Å². The lowest BCUT2D eigenvalue weighted by atomic mass is 9.93. The number of aliphatic hydroxyl groups excluding tert-OH is 1. The third-order valence-corrected chi connectivity index (χ3v) is 2.55. The summed E-state index contributed by atoms with van der Waals surface area (Å²) in [7, 11) is 0. The second-order valence-electron chi connectivity index (χ2n) is 3.76. The molecule has 1 heterocycles. The molecule has 0 saturated carbocycles. The van der Waals surface area contributed by atoms with Gasteiger partial charge in [-0.1, -0.05) is 0 Å². The number of halogens is 1. The van der Waals surface area contributed by atoms with Gasteiger partial charge in [0.25, 0.3) is 0 Å². The van der Waals surface area contributed by atoms with Crippen LogP contribution in [0.3, 0.4) is 0 Å². The molecule has 0 aromatic heterocycles. The maximum Gasteiger partial charge on any atom is 0.323 e. The van der Waals surface area contributed by atoms with Crippen LogP contribution in [0.1, 0.15) is 6.42 Å². The Hall–Kier alpha value is -1.75. The van der Waals surface area contributed by atoms with Crippen LogP contribution in [0, 0.1) is 0 Å². The molecule has 0 atom stereocenters. The van der Waals surface area contributed by atoms with Gasteiger partial charge in [0.2, 0.25) is 5.78 Å². The molecule has 0 aromatic rings. The highest BCUT2D eigenvalue weighted by Crippen LogP contribution is 2.26. The topological polar surface area (TPSA) is 77.8 Å². The van der Waals surface area contributed by atoms with Gasteiger partial charge < -0.3 is 15.1 Å². The fourth-order valence-electron chi connectivity index (χ4n) is 1.79. The SMILES string of the molecule is Cl.O=C(O)CN1C=C2C=C(O)C(=O)C=C2CC1. The Labute approximate surface area is 104 Å². The zero-order valence-corrected chi connectivity index (χ0v) is 9.74. The lowest BCUT2D eigenvalue weighted by molar-refractivity contribution is -0.137. The van der Waals surface area contributed by atoms with Crippen LogP contribution in [-0.2, 0) is 9.59 Å². The van der Waals surface area contributed by atoms with Crippen molar-refractivity contribution in [1.82, 2.24) is 4.90 Å². The first-order chi connectivity index (χ1) is 7.56. The molecule has 0 bridgehead atoms. The highest BCUT2D eigenvalue weighted by molar-refractivity contribution is 6.05. The number of nitrogens with zero attached hydrogens (tertiary/aromatic N) is 1. The number of aliphatic hydroxyl groups is 1. The Morgan fingerprint density at radius 1 is 1.41 bits per heavy atom. The van der Waals surface area contributed by atoms with E-state index in [9.17, 15) is 14.7 Å². The van der Waals surface area contributed by atoms with E-state index in [-0.39, 0.29) is 30.5 Å². The largest absolute Gasteiger partial charge is 0.504 e. The molecule has 5 nitrogen and oxygen atoms in total. The maximum atomic E-state index is 11.2. The number of carbonyl (C=O) groups excluding carboxylic acids is 1. The summed E-state index contributed by atoms with van der Waals surface area (Å²) in [6, 6.07) is 0. The molecular weight excluding hydrogens is 246 g/mol. The average molecular weight is 258 g/mol. The van der Waals surface area contributed by atoms with E-state index in [2.05, 4.69) is 0 Å². The van der Waals surface area contributed by atoms with Crippen molar-refractivity contribution in [3.63, 3.8) is 0 Å². The molecule has 17 heavy (non-hydrogen) atoms. The molecule has 92 valence electrons. The summed E-state index contributed by atoms with van der Waals surface area (Å²) in [6.07, 6.45) is 5.06. The molecule has 2 N–H and O–H groups in total. The first-order valence-corrected chi connectivity index (χ1v) is 4.90. The van der Waals surface area contributed by atoms with Gasteiger partial charge >= 0.3 is 5.97 Å². The summed E-state index contributed by atoms with van der Waals surface area (Å²) in [4.78, 5) is 23.4. The molecule has 6 heteroatoms. The Morgan fingerprint density at radius 3 is 2.76 bits per heavy atom. The first-order valence-electron chi connectivity index (χ1n) is 4.90. The smallest absolute Gasteiger partial charge is 0.323 e. The first kappa shape index (κ1) is 13.3. The van der Waals surface area contributed by atoms with Gasteiger partial charge in [0, 0.05) is 12.7 Å². The van der Waals surface area contributed by atoms with Crippen molar-refractivity contribution >= 4 is 24.2 Å². The highest BCUT2D eigenvalue weighted by atomic mass is 35.5. The number of rotatable bonds is 2. The molecule has 1 aliphatic carbocycles. The van der Waals surface area contributed by atoms with Gasteiger partial charge in [-0.15, -0.1) is 12.4 Å². The standard InChI is InChI=1S/C11H11NO4.ClH/c13-9-3-7-1-2-12(6-11(15)16)5-8(7)4-10(9)14;/h3-5,14H,1-2,6H2,(H,15,16);1H. The van der Waals surface area contributed by atoms with Crippen molar-refractivity contribution in [2.24, 2.45) is 0 Å². The van der Waals surface area contributed by atoms with Crippen LogP contribution < -0.4 is 0 Å². The Balaban J connectivity index is 0.00000144. The second kappa shape index (κ2) is 5.05. The van der Waals surface area contributed by atoms with E-state index >= 15 is 0 Å². The van der Waals surface area contributed by atoms with Crippen LogP contribution in [0.5, 0.6) is 0 Å². The number of carboxylic acid groups (broad SMARTS) is 1. The lowest BCUT2D eigenvalue weighted by Gasteiger charge is -2.27. The number of aliphatic carboxylic acids is 1. The zero-order valence-electron chi connectivity index (χ0n) is 8.92. The van der Waals surface area contributed by atoms with E-state index in [4.69, 9.17) is 5.11 Å². The highest BCUT2D eigenvalue weighted by Gasteiger charge is 2.21. The molecule has 2 rings (SSSR count). The van der Waals surface area contributed by atoms with Crippen LogP contribution in [0.25, 0.3) is 0 Å². The van der Waals surface area contributed by atoms with E-state index in [1.807, 2.05) is 0 Å². The molecule has 0 fully saturated rings.